The number of aromatic amines is 1. The maximum absolute atomic E-state index is 11.7. The summed E-state index contributed by atoms with van der Waals surface area (Å²) in [6.07, 6.45) is 0. The number of carbonyl (C=O) groups excluding carboxylic acids is 1. The van der Waals surface area contributed by atoms with Crippen molar-refractivity contribution in [1.29, 1.82) is 0 Å². The number of rotatable bonds is 4. The molecule has 2 aromatic rings. The predicted molar refractivity (Wildman–Crippen MR) is 68.7 cm³/mol. The lowest BCUT2D eigenvalue weighted by Gasteiger charge is -2.05. The first-order valence-electron chi connectivity index (χ1n) is 5.52. The van der Waals surface area contributed by atoms with E-state index in [4.69, 9.17) is 4.74 Å². The van der Waals surface area contributed by atoms with E-state index in [0.717, 1.165) is 0 Å². The van der Waals surface area contributed by atoms with Gasteiger partial charge in [-0.15, -0.1) is 0 Å². The molecule has 0 saturated heterocycles. The molecular formula is C12H10N2O6. The maximum Gasteiger partial charge on any atom is 0.343 e. The van der Waals surface area contributed by atoms with Gasteiger partial charge >= 0.3 is 5.97 Å². The number of carbonyl (C=O) groups is 1. The zero-order valence-electron chi connectivity index (χ0n) is 10.4. The van der Waals surface area contributed by atoms with Crippen molar-refractivity contribution >= 4 is 22.6 Å². The molecule has 0 fully saturated rings. The number of nitro benzene ring substituents is 1. The van der Waals surface area contributed by atoms with Crippen LogP contribution in [-0.2, 0) is 9.53 Å². The van der Waals surface area contributed by atoms with Crippen molar-refractivity contribution in [3.8, 4) is 5.75 Å². The summed E-state index contributed by atoms with van der Waals surface area (Å²) in [5.41, 5.74) is -0.204. The second-order valence-corrected chi connectivity index (χ2v) is 3.86. The van der Waals surface area contributed by atoms with Crippen LogP contribution >= 0.6 is 0 Å². The summed E-state index contributed by atoms with van der Waals surface area (Å²) in [6, 6.07) is 5.35. The number of nitro groups is 1. The second-order valence-electron chi connectivity index (χ2n) is 3.86. The van der Waals surface area contributed by atoms with E-state index in [1.165, 1.54) is 31.4 Å². The molecule has 0 saturated carbocycles. The normalized spacial score (nSPS) is 10.2. The number of fused-ring (bicyclic) bond motifs is 1. The molecule has 0 aliphatic carbocycles. The predicted octanol–water partition coefficient (Wildman–Crippen LogP) is 0.988. The molecule has 0 unspecified atom stereocenters. The van der Waals surface area contributed by atoms with Gasteiger partial charge in [0, 0.05) is 23.0 Å². The Kier molecular flexibility index (Phi) is 3.65. The summed E-state index contributed by atoms with van der Waals surface area (Å²) in [4.78, 5) is 35.3. The first-order chi connectivity index (χ1) is 9.51. The lowest BCUT2D eigenvalue weighted by atomic mass is 10.2. The van der Waals surface area contributed by atoms with Gasteiger partial charge in [-0.25, -0.2) is 4.79 Å². The number of pyridine rings is 1. The fourth-order valence-electron chi connectivity index (χ4n) is 1.59. The molecule has 1 heterocycles. The smallest absolute Gasteiger partial charge is 0.343 e. The van der Waals surface area contributed by atoms with E-state index in [-0.39, 0.29) is 11.4 Å². The highest BCUT2D eigenvalue weighted by atomic mass is 16.6. The first kappa shape index (κ1) is 13.5. The van der Waals surface area contributed by atoms with Crippen LogP contribution in [0.1, 0.15) is 0 Å². The zero-order valence-corrected chi connectivity index (χ0v) is 10.4. The number of nitrogens with zero attached hydrogens (tertiary/aromatic N) is 1. The number of methoxy groups -OCH3 is 1. The molecule has 0 aliphatic rings. The lowest BCUT2D eigenvalue weighted by Crippen LogP contribution is -2.17. The summed E-state index contributed by atoms with van der Waals surface area (Å²) in [7, 11) is 1.19. The number of esters is 1. The summed E-state index contributed by atoms with van der Waals surface area (Å²) < 4.78 is 9.39. The lowest BCUT2D eigenvalue weighted by molar-refractivity contribution is -0.384. The molecule has 2 rings (SSSR count). The summed E-state index contributed by atoms with van der Waals surface area (Å²) in [5.74, 6) is -0.744. The van der Waals surface area contributed by atoms with Crippen LogP contribution in [-0.4, -0.2) is 29.6 Å². The molecule has 0 atom stereocenters. The van der Waals surface area contributed by atoms with Crippen LogP contribution in [0.15, 0.2) is 29.1 Å². The third-order valence-electron chi connectivity index (χ3n) is 2.58. The Bertz CT molecular complexity index is 736. The van der Waals surface area contributed by atoms with Crippen molar-refractivity contribution < 1.29 is 19.2 Å². The Morgan fingerprint density at radius 2 is 2.15 bits per heavy atom. The number of H-pyrrole nitrogens is 1. The van der Waals surface area contributed by atoms with Gasteiger partial charge in [0.25, 0.3) is 11.2 Å². The number of hydrogen-bond donors (Lipinski definition) is 1. The largest absolute Gasteiger partial charge is 0.476 e. The van der Waals surface area contributed by atoms with Gasteiger partial charge in [0.05, 0.1) is 12.0 Å². The van der Waals surface area contributed by atoms with Crippen LogP contribution < -0.4 is 10.3 Å². The van der Waals surface area contributed by atoms with E-state index in [1.54, 1.807) is 0 Å². The van der Waals surface area contributed by atoms with E-state index in [9.17, 15) is 19.7 Å². The van der Waals surface area contributed by atoms with Gasteiger partial charge in [-0.1, -0.05) is 0 Å². The van der Waals surface area contributed by atoms with Crippen molar-refractivity contribution in [2.45, 2.75) is 0 Å². The fourth-order valence-corrected chi connectivity index (χ4v) is 1.59. The first-order valence-corrected chi connectivity index (χ1v) is 5.52. The minimum atomic E-state index is -0.636. The van der Waals surface area contributed by atoms with Gasteiger partial charge in [-0.3, -0.25) is 14.9 Å². The molecule has 1 aromatic heterocycles. The molecule has 0 bridgehead atoms. The highest BCUT2D eigenvalue weighted by Gasteiger charge is 2.10. The van der Waals surface area contributed by atoms with Crippen molar-refractivity contribution in [1.82, 2.24) is 4.98 Å². The average Bonchev–Trinajstić information content (AvgIpc) is 2.44. The Balaban J connectivity index is 2.40. The monoisotopic (exact) mass is 278 g/mol. The van der Waals surface area contributed by atoms with Crippen molar-refractivity contribution in [3.05, 3.63) is 44.7 Å². The number of benzene rings is 1. The summed E-state index contributed by atoms with van der Waals surface area (Å²) in [6.45, 7) is -0.417. The Morgan fingerprint density at radius 3 is 2.80 bits per heavy atom. The quantitative estimate of drug-likeness (QED) is 0.507. The van der Waals surface area contributed by atoms with Crippen molar-refractivity contribution in [3.63, 3.8) is 0 Å². The van der Waals surface area contributed by atoms with Crippen molar-refractivity contribution in [2.75, 3.05) is 13.7 Å². The van der Waals surface area contributed by atoms with E-state index in [0.29, 0.717) is 10.9 Å². The Labute approximate surface area is 112 Å². The molecule has 104 valence electrons. The fraction of sp³-hybridized carbons (Fsp3) is 0.167. The van der Waals surface area contributed by atoms with Crippen LogP contribution in [0, 0.1) is 10.1 Å². The maximum atomic E-state index is 11.7. The third kappa shape index (κ3) is 2.74. The zero-order chi connectivity index (χ0) is 14.7. The van der Waals surface area contributed by atoms with E-state index in [1.807, 2.05) is 0 Å². The number of ether oxygens (including phenoxy) is 2. The number of nitrogens with one attached hydrogen (secondary N) is 1. The molecule has 0 spiro atoms. The standard InChI is InChI=1S/C12H10N2O6/c1-19-11(15)6-20-10-5-7-4-8(14(17)18)2-3-9(7)13-12(10)16/h2-5H,6H2,1H3,(H,13,16). The highest BCUT2D eigenvalue weighted by Crippen LogP contribution is 2.20. The van der Waals surface area contributed by atoms with Gasteiger partial charge in [0.15, 0.2) is 12.4 Å². The number of hydrogen-bond acceptors (Lipinski definition) is 6. The molecular weight excluding hydrogens is 268 g/mol. The van der Waals surface area contributed by atoms with Gasteiger partial charge in [-0.2, -0.15) is 0 Å². The molecule has 0 radical (unpaired) electrons. The summed E-state index contributed by atoms with van der Waals surface area (Å²) in [5, 5.41) is 11.1. The van der Waals surface area contributed by atoms with Gasteiger partial charge in [0.1, 0.15) is 0 Å². The molecule has 8 nitrogen and oxygen atoms in total. The Hall–Kier alpha value is -2.90. The molecule has 8 heteroatoms. The molecule has 1 aromatic carbocycles. The van der Waals surface area contributed by atoms with E-state index >= 15 is 0 Å². The highest BCUT2D eigenvalue weighted by molar-refractivity contribution is 5.82. The second kappa shape index (κ2) is 5.39. The minimum absolute atomic E-state index is 0.108. The van der Waals surface area contributed by atoms with E-state index in [2.05, 4.69) is 9.72 Å². The van der Waals surface area contributed by atoms with Crippen LogP contribution in [0.2, 0.25) is 0 Å². The van der Waals surface area contributed by atoms with Crippen LogP contribution in [0.5, 0.6) is 5.75 Å². The molecule has 0 aliphatic heterocycles. The number of non-ortho nitro benzene ring substituents is 1. The summed E-state index contributed by atoms with van der Waals surface area (Å²) >= 11 is 0. The number of aromatic nitrogens is 1. The minimum Gasteiger partial charge on any atom is -0.476 e. The topological polar surface area (TPSA) is 112 Å². The van der Waals surface area contributed by atoms with Gasteiger partial charge in [-0.05, 0) is 12.1 Å². The molecule has 0 amide bonds. The van der Waals surface area contributed by atoms with E-state index < -0.39 is 23.1 Å². The third-order valence-corrected chi connectivity index (χ3v) is 2.58. The Morgan fingerprint density at radius 1 is 1.40 bits per heavy atom. The molecule has 20 heavy (non-hydrogen) atoms. The average molecular weight is 278 g/mol. The SMILES string of the molecule is COC(=O)COc1cc2cc([N+](=O)[O-])ccc2[nH]c1=O. The van der Waals surface area contributed by atoms with Gasteiger partial charge in [0.2, 0.25) is 0 Å². The van der Waals surface area contributed by atoms with Crippen molar-refractivity contribution in [2.24, 2.45) is 0 Å². The van der Waals surface area contributed by atoms with Gasteiger partial charge < -0.3 is 14.5 Å². The van der Waals surface area contributed by atoms with Crippen LogP contribution in [0.3, 0.4) is 0 Å². The van der Waals surface area contributed by atoms with Crippen LogP contribution in [0.25, 0.3) is 10.9 Å². The van der Waals surface area contributed by atoms with Crippen LogP contribution in [0.4, 0.5) is 5.69 Å². The molecule has 1 N–H and O–H groups in total.